The molecule has 0 radical (unpaired) electrons. The van der Waals surface area contributed by atoms with Crippen molar-refractivity contribution in [2.75, 3.05) is 61.0 Å². The minimum atomic E-state index is -1.66. The van der Waals surface area contributed by atoms with Crippen LogP contribution in [-0.2, 0) is 19.1 Å². The van der Waals surface area contributed by atoms with Gasteiger partial charge in [-0.15, -0.1) is 23.2 Å². The molecule has 0 bridgehead atoms. The van der Waals surface area contributed by atoms with E-state index < -0.39 is 80.5 Å². The molecule has 0 spiro atoms. The Balaban J connectivity index is 0.965. The topological polar surface area (TPSA) is 275 Å². The van der Waals surface area contributed by atoms with E-state index in [0.717, 1.165) is 21.9 Å². The second kappa shape index (κ2) is 22.0. The van der Waals surface area contributed by atoms with Crippen LogP contribution in [0.2, 0.25) is 0 Å². The minimum absolute atomic E-state index is 0.147. The van der Waals surface area contributed by atoms with Gasteiger partial charge in [0.2, 0.25) is 12.6 Å². The first-order chi connectivity index (χ1) is 34.8. The lowest BCUT2D eigenvalue weighted by Crippen LogP contribution is -2.60. The van der Waals surface area contributed by atoms with Gasteiger partial charge in [-0.3, -0.25) is 9.59 Å². The molecule has 1 unspecified atom stereocenters. The highest BCUT2D eigenvalue weighted by molar-refractivity contribution is 6.20. The van der Waals surface area contributed by atoms with Crippen LogP contribution in [0.25, 0.3) is 33.7 Å². The summed E-state index contributed by atoms with van der Waals surface area (Å²) in [5.74, 6) is -0.0665. The summed E-state index contributed by atoms with van der Waals surface area (Å²) in [7, 11) is 0. The summed E-state index contributed by atoms with van der Waals surface area (Å²) in [6.45, 7) is -0.451. The van der Waals surface area contributed by atoms with Gasteiger partial charge in [0, 0.05) is 83.9 Å². The summed E-state index contributed by atoms with van der Waals surface area (Å²) in [4.78, 5) is 31.5. The third kappa shape index (κ3) is 9.76. The first kappa shape index (κ1) is 51.5. The smallest absolute Gasteiger partial charge is 0.251 e. The first-order valence-corrected chi connectivity index (χ1v) is 24.5. The fourth-order valence-electron chi connectivity index (χ4n) is 9.86. The fourth-order valence-corrected chi connectivity index (χ4v) is 10.4. The molecule has 5 aromatic carbocycles. The number of nitrogens with two attached hydrogens (primary N) is 1. The molecule has 0 aliphatic carbocycles. The lowest BCUT2D eigenvalue weighted by molar-refractivity contribution is -0.277. The largest absolute Gasteiger partial charge is 0.492 e. The standard InChI is InChI=1S/C52H55Cl2N3O15/c53-20-28-22-56(34-18-37(30-5-1-3-7-32(30)43(28)34)69-51-49(66)47(64)45(62)39(24-58)71-51)41(60)13-10-26-9-11-27(36(17-26)68-16-15-55)12-14-42(61)57-23-29(21-54)44-33-8-4-2-6-31(33)38(19-35(44)57)70-52-50(67)48(65)46(63)40(25-59)72-52/h1-14,17-19,28-29,39-40,45-52,58-59,62-67H,15-16,20-25,55H2/b13-10+,14-12+/t28-,29?,39-,40-,45+,46+,47+,48+,49-,50-,51-,52-/m1/s1. The van der Waals surface area contributed by atoms with Crippen LogP contribution in [0.3, 0.4) is 0 Å². The number of hydrogen-bond acceptors (Lipinski definition) is 16. The summed E-state index contributed by atoms with van der Waals surface area (Å²) in [6.07, 6.45) is -9.08. The molecule has 20 heteroatoms. The van der Waals surface area contributed by atoms with E-state index in [1.165, 1.54) is 12.2 Å². The molecular weight excluding hydrogens is 977 g/mol. The predicted octanol–water partition coefficient (Wildman–Crippen LogP) is 2.45. The van der Waals surface area contributed by atoms with Gasteiger partial charge >= 0.3 is 0 Å². The number of rotatable bonds is 15. The van der Waals surface area contributed by atoms with E-state index >= 15 is 0 Å². The zero-order valence-corrected chi connectivity index (χ0v) is 40.1. The molecule has 9 rings (SSSR count). The van der Waals surface area contributed by atoms with E-state index in [2.05, 4.69) is 0 Å². The number of hydrogen-bond donors (Lipinski definition) is 9. The number of fused-ring (bicyclic) bond motifs is 6. The van der Waals surface area contributed by atoms with Crippen molar-refractivity contribution in [3.05, 3.63) is 113 Å². The molecule has 2 amide bonds. The van der Waals surface area contributed by atoms with E-state index in [4.69, 9.17) is 52.6 Å². The Bertz CT molecular complexity index is 2870. The van der Waals surface area contributed by atoms with Gasteiger partial charge in [0.25, 0.3) is 11.8 Å². The number of aliphatic hydroxyl groups is 8. The van der Waals surface area contributed by atoms with Crippen molar-refractivity contribution in [1.29, 1.82) is 0 Å². The summed E-state index contributed by atoms with van der Waals surface area (Å²) in [6, 6.07) is 23.1. The molecule has 2 saturated heterocycles. The van der Waals surface area contributed by atoms with E-state index in [0.29, 0.717) is 39.0 Å². The molecule has 72 heavy (non-hydrogen) atoms. The number of amides is 2. The van der Waals surface area contributed by atoms with Crippen molar-refractivity contribution in [2.45, 2.75) is 73.2 Å². The van der Waals surface area contributed by atoms with Crippen molar-refractivity contribution >= 4 is 80.1 Å². The molecule has 10 N–H and O–H groups in total. The van der Waals surface area contributed by atoms with Gasteiger partial charge in [-0.1, -0.05) is 60.7 Å². The highest BCUT2D eigenvalue weighted by atomic mass is 35.5. The maximum Gasteiger partial charge on any atom is 0.251 e. The summed E-state index contributed by atoms with van der Waals surface area (Å²) in [5, 5.41) is 85.4. The summed E-state index contributed by atoms with van der Waals surface area (Å²) < 4.78 is 29.6. The number of halogens is 2. The first-order valence-electron chi connectivity index (χ1n) is 23.4. The Kier molecular flexibility index (Phi) is 15.7. The molecule has 2 fully saturated rings. The van der Waals surface area contributed by atoms with E-state index in [1.54, 1.807) is 76.5 Å². The SMILES string of the molecule is NCCOc1cc(/C=C/C(=O)N2C[C@@H](CCl)c3c2cc(O[C@@H]2O[C@H](CO)[C@H](O)[C@H](O)[C@H]2O)c2ccccc32)ccc1/C=C/C(=O)N1CC(CCl)c2c1cc(O[C@@H]1O[C@H](CO)[C@H](O)[C@H](O)[C@H]1O)c1ccccc21. The highest BCUT2D eigenvalue weighted by Crippen LogP contribution is 2.48. The lowest BCUT2D eigenvalue weighted by atomic mass is 9.95. The van der Waals surface area contributed by atoms with Gasteiger partial charge in [0.1, 0.15) is 72.7 Å². The van der Waals surface area contributed by atoms with Crippen molar-refractivity contribution in [3.63, 3.8) is 0 Å². The number of alkyl halides is 2. The molecule has 0 aromatic heterocycles. The van der Waals surface area contributed by atoms with E-state index in [-0.39, 0.29) is 67.2 Å². The maximum absolute atomic E-state index is 14.2. The fraction of sp³-hybridized carbons (Fsp3) is 0.385. The van der Waals surface area contributed by atoms with E-state index in [9.17, 15) is 50.4 Å². The van der Waals surface area contributed by atoms with Gasteiger partial charge in [0.15, 0.2) is 0 Å². The predicted molar refractivity (Wildman–Crippen MR) is 267 cm³/mol. The lowest BCUT2D eigenvalue weighted by Gasteiger charge is -2.39. The summed E-state index contributed by atoms with van der Waals surface area (Å²) in [5.41, 5.74) is 9.60. The van der Waals surface area contributed by atoms with Gasteiger partial charge in [-0.2, -0.15) is 0 Å². The average Bonchev–Trinajstić information content (AvgIpc) is 3.98. The number of benzene rings is 5. The normalized spacial score (nSPS) is 28.3. The molecular formula is C52H55Cl2N3O15. The molecule has 12 atom stereocenters. The van der Waals surface area contributed by atoms with Crippen LogP contribution in [0.1, 0.15) is 34.1 Å². The van der Waals surface area contributed by atoms with Crippen LogP contribution in [0.5, 0.6) is 17.2 Å². The van der Waals surface area contributed by atoms with Gasteiger partial charge in [-0.05, 0) is 45.7 Å². The Labute approximate surface area is 423 Å². The van der Waals surface area contributed by atoms with Crippen molar-refractivity contribution in [2.24, 2.45) is 5.73 Å². The van der Waals surface area contributed by atoms with Crippen molar-refractivity contribution < 1.29 is 74.1 Å². The number of nitrogens with zero attached hydrogens (tertiary/aromatic N) is 2. The number of anilines is 2. The summed E-state index contributed by atoms with van der Waals surface area (Å²) >= 11 is 13.0. The number of ether oxygens (including phenoxy) is 5. The third-order valence-corrected chi connectivity index (χ3v) is 14.3. The quantitative estimate of drug-likeness (QED) is 0.0538. The zero-order valence-electron chi connectivity index (χ0n) is 38.6. The third-order valence-electron chi connectivity index (χ3n) is 13.6. The van der Waals surface area contributed by atoms with Crippen LogP contribution in [0.4, 0.5) is 11.4 Å². The monoisotopic (exact) mass is 1030 g/mol. The Morgan fingerprint density at radius 2 is 1.07 bits per heavy atom. The Hall–Kier alpha value is -5.42. The highest BCUT2D eigenvalue weighted by Gasteiger charge is 2.47. The molecule has 382 valence electrons. The van der Waals surface area contributed by atoms with Crippen LogP contribution in [-0.4, -0.2) is 165 Å². The number of carbonyl (C=O) groups is 2. The van der Waals surface area contributed by atoms with Crippen molar-refractivity contribution in [1.82, 2.24) is 0 Å². The minimum Gasteiger partial charge on any atom is -0.492 e. The van der Waals surface area contributed by atoms with Crippen LogP contribution >= 0.6 is 23.2 Å². The second-order valence-electron chi connectivity index (χ2n) is 18.0. The molecule has 18 nitrogen and oxygen atoms in total. The van der Waals surface area contributed by atoms with Gasteiger partial charge < -0.3 is 80.1 Å². The average molecular weight is 1030 g/mol. The van der Waals surface area contributed by atoms with Crippen LogP contribution in [0.15, 0.2) is 91.0 Å². The van der Waals surface area contributed by atoms with E-state index in [1.807, 2.05) is 24.3 Å². The zero-order chi connectivity index (χ0) is 51.0. The maximum atomic E-state index is 14.2. The molecule has 4 aliphatic heterocycles. The van der Waals surface area contributed by atoms with Crippen molar-refractivity contribution in [3.8, 4) is 17.2 Å². The molecule has 5 aromatic rings. The molecule has 4 aliphatic rings. The molecule has 4 heterocycles. The Morgan fingerprint density at radius 1 is 0.611 bits per heavy atom. The van der Waals surface area contributed by atoms with Crippen LogP contribution in [0, 0.1) is 0 Å². The number of carbonyl (C=O) groups excluding carboxylic acids is 2. The van der Waals surface area contributed by atoms with Gasteiger partial charge in [-0.25, -0.2) is 0 Å². The second-order valence-corrected chi connectivity index (χ2v) is 18.7. The molecule has 0 saturated carbocycles. The number of aliphatic hydroxyl groups excluding tert-OH is 8. The van der Waals surface area contributed by atoms with Gasteiger partial charge in [0.05, 0.1) is 24.6 Å². The van der Waals surface area contributed by atoms with Crippen LogP contribution < -0.4 is 29.7 Å². The Morgan fingerprint density at radius 3 is 1.51 bits per heavy atom.